The van der Waals surface area contributed by atoms with Crippen LogP contribution in [0.4, 0.5) is 4.79 Å². The number of nitrogens with zero attached hydrogens (tertiary/aromatic N) is 3. The zero-order chi connectivity index (χ0) is 18.4. The molecule has 25 heavy (non-hydrogen) atoms. The first-order valence-electron chi connectivity index (χ1n) is 7.80. The Hall–Kier alpha value is -2.61. The van der Waals surface area contributed by atoms with Crippen molar-refractivity contribution in [3.05, 3.63) is 43.0 Å². The average Bonchev–Trinajstić information content (AvgIpc) is 2.95. The molecule has 7 nitrogen and oxygen atoms in total. The summed E-state index contributed by atoms with van der Waals surface area (Å²) in [6.07, 6.45) is 1.74. The molecular weight excluding hydrogens is 338 g/mol. The van der Waals surface area contributed by atoms with Gasteiger partial charge in [-0.15, -0.1) is 16.8 Å². The van der Waals surface area contributed by atoms with Crippen LogP contribution in [0.3, 0.4) is 0 Å². The van der Waals surface area contributed by atoms with Gasteiger partial charge in [-0.05, 0) is 5.92 Å². The number of nitrogens with one attached hydrogen (secondary N) is 1. The molecule has 1 atom stereocenters. The highest BCUT2D eigenvalue weighted by Crippen LogP contribution is 2.30. The van der Waals surface area contributed by atoms with Crippen molar-refractivity contribution < 1.29 is 9.59 Å². The first-order valence-corrected chi connectivity index (χ1v) is 8.68. The zero-order valence-corrected chi connectivity index (χ0v) is 15.0. The van der Waals surface area contributed by atoms with Gasteiger partial charge in [-0.3, -0.25) is 14.7 Å². The zero-order valence-electron chi connectivity index (χ0n) is 14.2. The van der Waals surface area contributed by atoms with Crippen molar-refractivity contribution in [1.29, 1.82) is 0 Å². The van der Waals surface area contributed by atoms with Gasteiger partial charge in [0.2, 0.25) is 5.91 Å². The molecule has 1 aromatic carbocycles. The molecule has 0 aliphatic heterocycles. The van der Waals surface area contributed by atoms with Gasteiger partial charge in [0.05, 0.1) is 5.25 Å². The van der Waals surface area contributed by atoms with Gasteiger partial charge in [0.1, 0.15) is 0 Å². The lowest BCUT2D eigenvalue weighted by Crippen LogP contribution is -2.42. The summed E-state index contributed by atoms with van der Waals surface area (Å²) in [5.41, 5.74) is 5.98. The summed E-state index contributed by atoms with van der Waals surface area (Å²) >= 11 is 1.25. The second-order valence-corrected chi connectivity index (χ2v) is 6.82. The van der Waals surface area contributed by atoms with E-state index in [4.69, 9.17) is 5.73 Å². The van der Waals surface area contributed by atoms with Crippen molar-refractivity contribution in [2.24, 2.45) is 11.7 Å². The lowest BCUT2D eigenvalue weighted by Gasteiger charge is -2.18. The maximum absolute atomic E-state index is 12.2. The molecule has 3 N–H and O–H groups in total. The normalized spacial score (nSPS) is 12.0. The summed E-state index contributed by atoms with van der Waals surface area (Å²) in [6, 6.07) is 8.79. The molecule has 0 radical (unpaired) electrons. The fraction of sp³-hybridized carbons (Fsp3) is 0.294. The fourth-order valence-electron chi connectivity index (χ4n) is 2.27. The number of carbonyl (C=O) groups is 2. The van der Waals surface area contributed by atoms with E-state index in [-0.39, 0.29) is 5.92 Å². The number of urea groups is 1. The maximum Gasteiger partial charge on any atom is 0.318 e. The van der Waals surface area contributed by atoms with Gasteiger partial charge in [0.15, 0.2) is 11.0 Å². The van der Waals surface area contributed by atoms with Crippen LogP contribution in [0.25, 0.3) is 11.4 Å². The number of hydrogen-bond acceptors (Lipinski definition) is 5. The van der Waals surface area contributed by atoms with Gasteiger partial charge in [-0.2, -0.15) is 0 Å². The Morgan fingerprint density at radius 1 is 1.32 bits per heavy atom. The lowest BCUT2D eigenvalue weighted by atomic mass is 10.1. The Morgan fingerprint density at radius 3 is 2.56 bits per heavy atom. The molecule has 0 bridgehead atoms. The Balaban J connectivity index is 2.34. The Kier molecular flexibility index (Phi) is 6.35. The molecule has 1 heterocycles. The number of primary amides is 1. The van der Waals surface area contributed by atoms with E-state index in [0.717, 1.165) is 5.56 Å². The van der Waals surface area contributed by atoms with Gasteiger partial charge in [0, 0.05) is 12.1 Å². The predicted octanol–water partition coefficient (Wildman–Crippen LogP) is 2.44. The topological polar surface area (TPSA) is 103 Å². The molecule has 1 unspecified atom stereocenters. The molecule has 0 saturated carbocycles. The molecule has 0 saturated heterocycles. The number of benzene rings is 1. The number of hydrogen-bond donors (Lipinski definition) is 2. The first kappa shape index (κ1) is 18.7. The predicted molar refractivity (Wildman–Crippen MR) is 97.9 cm³/mol. The fourth-order valence-corrected chi connectivity index (χ4v) is 3.31. The smallest absolute Gasteiger partial charge is 0.318 e. The van der Waals surface area contributed by atoms with Crippen LogP contribution in [0.5, 0.6) is 0 Å². The van der Waals surface area contributed by atoms with Crippen LogP contribution in [0, 0.1) is 5.92 Å². The van der Waals surface area contributed by atoms with Crippen molar-refractivity contribution >= 4 is 23.7 Å². The Bertz CT molecular complexity index is 758. The second-order valence-electron chi connectivity index (χ2n) is 5.71. The number of nitrogens with two attached hydrogens (primary N) is 1. The summed E-state index contributed by atoms with van der Waals surface area (Å²) in [4.78, 5) is 23.2. The number of allylic oxidation sites excluding steroid dienone is 1. The van der Waals surface area contributed by atoms with Gasteiger partial charge in [-0.1, -0.05) is 62.0 Å². The van der Waals surface area contributed by atoms with E-state index >= 15 is 0 Å². The van der Waals surface area contributed by atoms with Crippen molar-refractivity contribution in [2.75, 3.05) is 0 Å². The van der Waals surface area contributed by atoms with Crippen LogP contribution < -0.4 is 11.1 Å². The first-order chi connectivity index (χ1) is 11.9. The number of aromatic nitrogens is 3. The largest absolute Gasteiger partial charge is 0.351 e. The average molecular weight is 359 g/mol. The minimum atomic E-state index is -0.867. The lowest BCUT2D eigenvalue weighted by molar-refractivity contribution is -0.120. The number of amides is 3. The molecule has 0 fully saturated rings. The van der Waals surface area contributed by atoms with Gasteiger partial charge >= 0.3 is 6.03 Å². The van der Waals surface area contributed by atoms with E-state index in [1.165, 1.54) is 11.8 Å². The molecule has 2 rings (SSSR count). The molecule has 132 valence electrons. The van der Waals surface area contributed by atoms with E-state index in [2.05, 4.69) is 22.1 Å². The summed E-state index contributed by atoms with van der Waals surface area (Å²) in [6.45, 7) is 8.06. The highest BCUT2D eigenvalue weighted by molar-refractivity contribution is 8.00. The number of imide groups is 1. The number of thioether (sulfide) groups is 1. The Morgan fingerprint density at radius 2 is 2.00 bits per heavy atom. The van der Waals surface area contributed by atoms with E-state index in [9.17, 15) is 9.59 Å². The van der Waals surface area contributed by atoms with Crippen molar-refractivity contribution in [2.45, 2.75) is 30.8 Å². The second kappa shape index (κ2) is 8.48. The molecule has 1 aromatic heterocycles. The van der Waals surface area contributed by atoms with Gasteiger partial charge in [0.25, 0.3) is 0 Å². The Labute approximate surface area is 150 Å². The highest BCUT2D eigenvalue weighted by Gasteiger charge is 2.27. The molecular formula is C17H21N5O2S. The van der Waals surface area contributed by atoms with E-state index < -0.39 is 17.2 Å². The van der Waals surface area contributed by atoms with Crippen LogP contribution >= 0.6 is 11.8 Å². The van der Waals surface area contributed by atoms with Crippen LogP contribution in [0.15, 0.2) is 48.1 Å². The third-order valence-electron chi connectivity index (χ3n) is 3.40. The maximum atomic E-state index is 12.2. The third kappa shape index (κ3) is 4.69. The van der Waals surface area contributed by atoms with Crippen LogP contribution in [-0.2, 0) is 11.3 Å². The van der Waals surface area contributed by atoms with Gasteiger partial charge < -0.3 is 5.73 Å². The third-order valence-corrected chi connectivity index (χ3v) is 4.93. The summed E-state index contributed by atoms with van der Waals surface area (Å²) in [5.74, 6) is 0.223. The number of rotatable bonds is 7. The van der Waals surface area contributed by atoms with Crippen LogP contribution in [0.2, 0.25) is 0 Å². The summed E-state index contributed by atoms with van der Waals surface area (Å²) in [7, 11) is 0. The highest BCUT2D eigenvalue weighted by atomic mass is 32.2. The summed E-state index contributed by atoms with van der Waals surface area (Å²) < 4.78 is 1.89. The monoisotopic (exact) mass is 359 g/mol. The van der Waals surface area contributed by atoms with Crippen molar-refractivity contribution in [3.8, 4) is 11.4 Å². The minimum Gasteiger partial charge on any atom is -0.351 e. The van der Waals surface area contributed by atoms with Crippen LogP contribution in [-0.4, -0.2) is 32.0 Å². The number of carbonyl (C=O) groups excluding carboxylic acids is 2. The molecule has 0 aliphatic rings. The van der Waals surface area contributed by atoms with E-state index in [1.807, 2.05) is 48.7 Å². The van der Waals surface area contributed by atoms with E-state index in [0.29, 0.717) is 17.5 Å². The standard InChI is InChI=1S/C17H21N5O2S/c1-4-10-22-14(12-8-6-5-7-9-12)20-21-17(22)25-13(11(2)3)15(23)19-16(18)24/h4-9,11,13H,1,10H2,2-3H3,(H3,18,19,23,24). The molecule has 3 amide bonds. The van der Waals surface area contributed by atoms with Crippen LogP contribution in [0.1, 0.15) is 13.8 Å². The van der Waals surface area contributed by atoms with E-state index in [1.54, 1.807) is 6.08 Å². The SMILES string of the molecule is C=CCn1c(SC(C(=O)NC(N)=O)C(C)C)nnc1-c1ccccc1. The molecule has 2 aromatic rings. The van der Waals surface area contributed by atoms with Gasteiger partial charge in [-0.25, -0.2) is 4.79 Å². The summed E-state index contributed by atoms with van der Waals surface area (Å²) in [5, 5.41) is 10.7. The van der Waals surface area contributed by atoms with Crippen molar-refractivity contribution in [1.82, 2.24) is 20.1 Å². The molecule has 0 spiro atoms. The molecule has 0 aliphatic carbocycles. The quantitative estimate of drug-likeness (QED) is 0.584. The van der Waals surface area contributed by atoms with Crippen molar-refractivity contribution in [3.63, 3.8) is 0 Å². The molecule has 8 heteroatoms. The minimum absolute atomic E-state index is 0.0293.